The summed E-state index contributed by atoms with van der Waals surface area (Å²) < 4.78 is 26.2. The van der Waals surface area contributed by atoms with Crippen molar-refractivity contribution < 1.29 is 13.9 Å². The minimum absolute atomic E-state index is 0.0556. The fourth-order valence-corrected chi connectivity index (χ4v) is 5.04. The highest BCUT2D eigenvalue weighted by Crippen LogP contribution is 2.37. The number of hydrogen-bond acceptors (Lipinski definition) is 4. The molecule has 9 heteroatoms. The number of hydrogen-bond donors (Lipinski definition) is 1. The van der Waals surface area contributed by atoms with Gasteiger partial charge in [-0.1, -0.05) is 24.3 Å². The highest BCUT2D eigenvalue weighted by atomic mass is 19.1. The quantitative estimate of drug-likeness (QED) is 0.404. The van der Waals surface area contributed by atoms with Gasteiger partial charge in [-0.05, 0) is 54.8 Å². The monoisotopic (exact) mass is 483 g/mol. The minimum atomic E-state index is -0.793. The van der Waals surface area contributed by atoms with E-state index in [0.29, 0.717) is 41.3 Å². The summed E-state index contributed by atoms with van der Waals surface area (Å²) in [5.74, 6) is -1.24. The number of rotatable bonds is 5. The van der Waals surface area contributed by atoms with Gasteiger partial charge in [0.05, 0.1) is 11.4 Å². The molecule has 0 aliphatic carbocycles. The number of primary amides is 1. The molecule has 1 unspecified atom stereocenters. The molecule has 8 nitrogen and oxygen atoms in total. The van der Waals surface area contributed by atoms with Crippen molar-refractivity contribution in [3.8, 4) is 17.2 Å². The second kappa shape index (κ2) is 8.53. The van der Waals surface area contributed by atoms with Gasteiger partial charge in [0.1, 0.15) is 5.56 Å². The fraction of sp³-hybridized carbons (Fsp3) is 0.148. The van der Waals surface area contributed by atoms with Crippen LogP contribution in [0.3, 0.4) is 0 Å². The Hall–Kier alpha value is -4.66. The summed E-state index contributed by atoms with van der Waals surface area (Å²) in [6.45, 7) is 0.543. The van der Waals surface area contributed by atoms with E-state index in [1.807, 2.05) is 24.4 Å². The van der Waals surface area contributed by atoms with E-state index in [4.69, 9.17) is 10.5 Å². The Labute approximate surface area is 205 Å². The molecule has 0 fully saturated rings. The lowest BCUT2D eigenvalue weighted by Crippen LogP contribution is -2.26. The van der Waals surface area contributed by atoms with Crippen LogP contribution in [-0.2, 0) is 6.54 Å². The number of halogens is 1. The summed E-state index contributed by atoms with van der Waals surface area (Å²) in [6, 6.07) is 17.3. The van der Waals surface area contributed by atoms with Crippen LogP contribution in [0, 0.1) is 5.82 Å². The number of aromatic nitrogens is 4. The first-order valence-corrected chi connectivity index (χ1v) is 11.6. The van der Waals surface area contributed by atoms with E-state index in [2.05, 4.69) is 4.98 Å². The molecule has 4 heterocycles. The molecule has 36 heavy (non-hydrogen) atoms. The first-order valence-electron chi connectivity index (χ1n) is 11.6. The van der Waals surface area contributed by atoms with Gasteiger partial charge < -0.3 is 14.9 Å². The van der Waals surface area contributed by atoms with Gasteiger partial charge in [-0.15, -0.1) is 0 Å². The van der Waals surface area contributed by atoms with Gasteiger partial charge in [-0.25, -0.2) is 14.1 Å². The molecule has 1 aliphatic heterocycles. The standard InChI is InChI=1S/C27H22FN5O3/c28-20-16-17(10-11-21(20)36-22-9-5-13-31-15-12-30-26(22)31)19-8-4-14-32-24(19)23(25(29)34)27(35)33(32)18-6-2-1-3-7-18/h1-3,5-7,9-13,15-16,19H,4,8,14H2,(H2,29,34). The van der Waals surface area contributed by atoms with Crippen LogP contribution in [0.5, 0.6) is 11.5 Å². The zero-order chi connectivity index (χ0) is 24.8. The summed E-state index contributed by atoms with van der Waals surface area (Å²) in [7, 11) is 0. The third kappa shape index (κ3) is 3.48. The summed E-state index contributed by atoms with van der Waals surface area (Å²) >= 11 is 0. The van der Waals surface area contributed by atoms with Crippen molar-refractivity contribution in [1.82, 2.24) is 18.7 Å². The maximum atomic E-state index is 15.3. The summed E-state index contributed by atoms with van der Waals surface area (Å²) in [5.41, 5.74) is 7.52. The molecule has 1 amide bonds. The molecule has 6 rings (SSSR count). The lowest BCUT2D eigenvalue weighted by molar-refractivity contribution is 0.0997. The Kier molecular flexibility index (Phi) is 5.18. The first-order chi connectivity index (χ1) is 17.5. The van der Waals surface area contributed by atoms with Crippen LogP contribution in [0.2, 0.25) is 0 Å². The minimum Gasteiger partial charge on any atom is -0.450 e. The molecular formula is C27H22FN5O3. The third-order valence-corrected chi connectivity index (χ3v) is 6.58. The van der Waals surface area contributed by atoms with Gasteiger partial charge in [0.2, 0.25) is 0 Å². The van der Waals surface area contributed by atoms with E-state index in [-0.39, 0.29) is 17.2 Å². The molecule has 1 aliphatic rings. The van der Waals surface area contributed by atoms with Crippen molar-refractivity contribution in [3.63, 3.8) is 0 Å². The summed E-state index contributed by atoms with van der Waals surface area (Å²) in [6.07, 6.45) is 6.64. The highest BCUT2D eigenvalue weighted by molar-refractivity contribution is 5.94. The van der Waals surface area contributed by atoms with Gasteiger partial charge in [0.25, 0.3) is 11.5 Å². The van der Waals surface area contributed by atoms with E-state index < -0.39 is 17.3 Å². The predicted octanol–water partition coefficient (Wildman–Crippen LogP) is 4.24. The maximum absolute atomic E-state index is 15.3. The smallest absolute Gasteiger partial charge is 0.284 e. The van der Waals surface area contributed by atoms with Crippen molar-refractivity contribution in [3.05, 3.63) is 112 Å². The third-order valence-electron chi connectivity index (χ3n) is 6.58. The van der Waals surface area contributed by atoms with Gasteiger partial charge in [0, 0.05) is 31.1 Å². The van der Waals surface area contributed by atoms with Crippen molar-refractivity contribution in [2.75, 3.05) is 0 Å². The molecule has 0 saturated heterocycles. The molecule has 3 aromatic heterocycles. The molecule has 0 saturated carbocycles. The Morgan fingerprint density at radius 3 is 2.67 bits per heavy atom. The number of carbonyl (C=O) groups excluding carboxylic acids is 1. The SMILES string of the molecule is NC(=O)c1c2n(n(-c3ccccc3)c1=O)CCCC2c1ccc(Oc2cccn3ccnc23)c(F)c1. The number of para-hydroxylation sites is 1. The molecule has 1 atom stereocenters. The van der Waals surface area contributed by atoms with Crippen LogP contribution >= 0.6 is 0 Å². The van der Waals surface area contributed by atoms with Crippen LogP contribution in [-0.4, -0.2) is 24.7 Å². The molecule has 5 aromatic rings. The van der Waals surface area contributed by atoms with Gasteiger partial charge >= 0.3 is 0 Å². The van der Waals surface area contributed by atoms with E-state index in [0.717, 1.165) is 6.42 Å². The number of imidazole rings is 1. The maximum Gasteiger partial charge on any atom is 0.284 e. The molecule has 0 radical (unpaired) electrons. The molecule has 2 aromatic carbocycles. The highest BCUT2D eigenvalue weighted by Gasteiger charge is 2.33. The summed E-state index contributed by atoms with van der Waals surface area (Å²) in [4.78, 5) is 30.0. The predicted molar refractivity (Wildman–Crippen MR) is 131 cm³/mol. The van der Waals surface area contributed by atoms with Gasteiger partial charge in [-0.2, -0.15) is 0 Å². The lowest BCUT2D eigenvalue weighted by atomic mass is 9.86. The number of ether oxygens (including phenoxy) is 1. The van der Waals surface area contributed by atoms with E-state index in [1.54, 1.807) is 57.9 Å². The fourth-order valence-electron chi connectivity index (χ4n) is 5.04. The summed E-state index contributed by atoms with van der Waals surface area (Å²) in [5, 5.41) is 0. The average Bonchev–Trinajstić information content (AvgIpc) is 3.48. The Morgan fingerprint density at radius 2 is 1.89 bits per heavy atom. The number of nitrogens with two attached hydrogens (primary N) is 1. The lowest BCUT2D eigenvalue weighted by Gasteiger charge is -2.27. The van der Waals surface area contributed by atoms with Gasteiger partial charge in [0.15, 0.2) is 23.0 Å². The van der Waals surface area contributed by atoms with Crippen LogP contribution in [0.25, 0.3) is 11.3 Å². The Bertz CT molecular complexity index is 1670. The molecule has 180 valence electrons. The van der Waals surface area contributed by atoms with Crippen LogP contribution in [0.1, 0.15) is 40.4 Å². The van der Waals surface area contributed by atoms with Crippen LogP contribution < -0.4 is 16.0 Å². The van der Waals surface area contributed by atoms with Crippen molar-refractivity contribution >= 4 is 11.6 Å². The number of pyridine rings is 1. The second-order valence-corrected chi connectivity index (χ2v) is 8.72. The largest absolute Gasteiger partial charge is 0.450 e. The van der Waals surface area contributed by atoms with E-state index in [9.17, 15) is 9.59 Å². The van der Waals surface area contributed by atoms with Crippen molar-refractivity contribution in [2.24, 2.45) is 5.73 Å². The van der Waals surface area contributed by atoms with Gasteiger partial charge in [-0.3, -0.25) is 14.3 Å². The number of benzene rings is 2. The number of amides is 1. The van der Waals surface area contributed by atoms with Crippen molar-refractivity contribution in [2.45, 2.75) is 25.3 Å². The normalized spacial score (nSPS) is 15.1. The van der Waals surface area contributed by atoms with E-state index in [1.165, 1.54) is 10.7 Å². The number of nitrogens with zero attached hydrogens (tertiary/aromatic N) is 4. The number of carbonyl (C=O) groups is 1. The second-order valence-electron chi connectivity index (χ2n) is 8.72. The first kappa shape index (κ1) is 21.8. The topological polar surface area (TPSA) is 96.6 Å². The molecule has 0 spiro atoms. The van der Waals surface area contributed by atoms with E-state index >= 15 is 4.39 Å². The Morgan fingerprint density at radius 1 is 1.06 bits per heavy atom. The zero-order valence-corrected chi connectivity index (χ0v) is 19.2. The average molecular weight is 484 g/mol. The van der Waals surface area contributed by atoms with Crippen LogP contribution in [0.4, 0.5) is 4.39 Å². The van der Waals surface area contributed by atoms with Crippen molar-refractivity contribution in [1.29, 1.82) is 0 Å². The molecular weight excluding hydrogens is 461 g/mol. The van der Waals surface area contributed by atoms with Crippen LogP contribution in [0.15, 0.2) is 84.0 Å². The zero-order valence-electron chi connectivity index (χ0n) is 19.2. The number of fused-ring (bicyclic) bond motifs is 2. The Balaban J connectivity index is 1.42. The molecule has 2 N–H and O–H groups in total. The molecule has 0 bridgehead atoms.